The Bertz CT molecular complexity index is 898. The lowest BCUT2D eigenvalue weighted by molar-refractivity contribution is 0.461. The predicted molar refractivity (Wildman–Crippen MR) is 120 cm³/mol. The van der Waals surface area contributed by atoms with E-state index >= 15 is 0 Å². The molecule has 3 rings (SSSR count). The maximum absolute atomic E-state index is 12.2. The van der Waals surface area contributed by atoms with Gasteiger partial charge in [0, 0.05) is 50.3 Å². The third kappa shape index (κ3) is 6.43. The molecule has 2 heterocycles. The molecule has 1 aromatic heterocycles. The lowest BCUT2D eigenvalue weighted by Crippen LogP contribution is -2.49. The number of aliphatic imine (C=N–C) groups is 1. The van der Waals surface area contributed by atoms with Gasteiger partial charge in [0.05, 0.1) is 6.54 Å². The molecule has 8 nitrogen and oxygen atoms in total. The number of rotatable bonds is 8. The van der Waals surface area contributed by atoms with Crippen molar-refractivity contribution in [1.29, 1.82) is 0 Å². The van der Waals surface area contributed by atoms with E-state index in [4.69, 9.17) is 0 Å². The van der Waals surface area contributed by atoms with Gasteiger partial charge < -0.3 is 15.5 Å². The van der Waals surface area contributed by atoms with E-state index in [0.717, 1.165) is 38.4 Å². The molecule has 1 aliphatic heterocycles. The molecule has 0 bridgehead atoms. The normalized spacial score (nSPS) is 15.8. The third-order valence-electron chi connectivity index (χ3n) is 4.92. The highest BCUT2D eigenvalue weighted by molar-refractivity contribution is 7.89. The highest BCUT2D eigenvalue weighted by Crippen LogP contribution is 2.19. The van der Waals surface area contributed by atoms with Crippen LogP contribution in [-0.2, 0) is 10.0 Å². The number of hydrogen-bond acceptors (Lipinski definition) is 5. The van der Waals surface area contributed by atoms with Crippen LogP contribution in [0.1, 0.15) is 19.8 Å². The second-order valence-corrected chi connectivity index (χ2v) is 8.86. The number of nitrogens with zero attached hydrogens (tertiary/aromatic N) is 3. The van der Waals surface area contributed by atoms with Gasteiger partial charge in [0.15, 0.2) is 5.96 Å². The zero-order valence-corrected chi connectivity index (χ0v) is 18.1. The molecule has 9 heteroatoms. The van der Waals surface area contributed by atoms with Crippen molar-refractivity contribution in [2.45, 2.75) is 30.7 Å². The number of para-hydroxylation sites is 1. The Hall–Kier alpha value is -2.65. The molecule has 1 aliphatic rings. The van der Waals surface area contributed by atoms with Crippen LogP contribution in [0, 0.1) is 0 Å². The molecule has 162 valence electrons. The first-order valence-corrected chi connectivity index (χ1v) is 11.8. The predicted octanol–water partition coefficient (Wildman–Crippen LogP) is 1.58. The van der Waals surface area contributed by atoms with Crippen LogP contribution >= 0.6 is 0 Å². The van der Waals surface area contributed by atoms with Crippen LogP contribution in [0.5, 0.6) is 0 Å². The van der Waals surface area contributed by atoms with Gasteiger partial charge in [-0.3, -0.25) is 9.98 Å². The van der Waals surface area contributed by atoms with Crippen LogP contribution in [0.15, 0.2) is 64.7 Å². The Labute approximate surface area is 178 Å². The van der Waals surface area contributed by atoms with Gasteiger partial charge in [-0.2, -0.15) is 0 Å². The summed E-state index contributed by atoms with van der Waals surface area (Å²) in [6.07, 6.45) is 4.92. The second-order valence-electron chi connectivity index (χ2n) is 7.09. The Morgan fingerprint density at radius 3 is 2.60 bits per heavy atom. The monoisotopic (exact) mass is 430 g/mol. The van der Waals surface area contributed by atoms with Gasteiger partial charge >= 0.3 is 0 Å². The van der Waals surface area contributed by atoms with E-state index in [1.54, 1.807) is 12.3 Å². The van der Waals surface area contributed by atoms with Gasteiger partial charge in [0.2, 0.25) is 10.0 Å². The van der Waals surface area contributed by atoms with E-state index in [2.05, 4.69) is 54.5 Å². The molecule has 30 heavy (non-hydrogen) atoms. The Balaban J connectivity index is 1.47. The fourth-order valence-electron chi connectivity index (χ4n) is 3.37. The number of benzene rings is 1. The van der Waals surface area contributed by atoms with Crippen LogP contribution in [-0.4, -0.2) is 58.1 Å². The van der Waals surface area contributed by atoms with Crippen molar-refractivity contribution >= 4 is 21.7 Å². The van der Waals surface area contributed by atoms with Gasteiger partial charge in [-0.05, 0) is 44.0 Å². The van der Waals surface area contributed by atoms with E-state index < -0.39 is 10.0 Å². The van der Waals surface area contributed by atoms with Crippen LogP contribution in [0.2, 0.25) is 0 Å². The van der Waals surface area contributed by atoms with Crippen LogP contribution in [0.4, 0.5) is 5.69 Å². The largest absolute Gasteiger partial charge is 0.371 e. The smallest absolute Gasteiger partial charge is 0.242 e. The van der Waals surface area contributed by atoms with E-state index in [9.17, 15) is 8.42 Å². The van der Waals surface area contributed by atoms with Crippen LogP contribution in [0.25, 0.3) is 0 Å². The quantitative estimate of drug-likeness (QED) is 0.334. The Kier molecular flexibility index (Phi) is 8.04. The SMILES string of the molecule is CCNC(=NCCNS(=O)(=O)c1cccnc1)NC1CCN(c2ccccc2)CC1. The summed E-state index contributed by atoms with van der Waals surface area (Å²) in [6.45, 7) is 5.31. The molecule has 0 unspecified atom stereocenters. The highest BCUT2D eigenvalue weighted by Gasteiger charge is 2.20. The number of pyridine rings is 1. The minimum atomic E-state index is -3.56. The minimum Gasteiger partial charge on any atom is -0.371 e. The molecule has 0 spiro atoms. The van der Waals surface area contributed by atoms with Crippen LogP contribution in [0.3, 0.4) is 0 Å². The summed E-state index contributed by atoms with van der Waals surface area (Å²) in [7, 11) is -3.56. The van der Waals surface area contributed by atoms with Crippen molar-refractivity contribution in [2.75, 3.05) is 37.6 Å². The summed E-state index contributed by atoms with van der Waals surface area (Å²) < 4.78 is 27.0. The molecule has 0 radical (unpaired) electrons. The van der Waals surface area contributed by atoms with E-state index in [1.807, 2.05) is 13.0 Å². The topological polar surface area (TPSA) is 98.7 Å². The van der Waals surface area contributed by atoms with Crippen molar-refractivity contribution in [3.63, 3.8) is 0 Å². The number of aromatic nitrogens is 1. The van der Waals surface area contributed by atoms with E-state index in [0.29, 0.717) is 12.6 Å². The van der Waals surface area contributed by atoms with Crippen molar-refractivity contribution in [2.24, 2.45) is 4.99 Å². The molecule has 2 aromatic rings. The molecule has 1 fully saturated rings. The van der Waals surface area contributed by atoms with E-state index in [1.165, 1.54) is 18.0 Å². The summed E-state index contributed by atoms with van der Waals surface area (Å²) in [6, 6.07) is 13.9. The summed E-state index contributed by atoms with van der Waals surface area (Å²) in [5.41, 5.74) is 1.26. The van der Waals surface area contributed by atoms with Crippen LogP contribution < -0.4 is 20.3 Å². The fourth-order valence-corrected chi connectivity index (χ4v) is 4.36. The van der Waals surface area contributed by atoms with E-state index in [-0.39, 0.29) is 11.4 Å². The first kappa shape index (κ1) is 22.0. The highest BCUT2D eigenvalue weighted by atomic mass is 32.2. The summed E-state index contributed by atoms with van der Waals surface area (Å²) >= 11 is 0. The Morgan fingerprint density at radius 2 is 1.93 bits per heavy atom. The first-order chi connectivity index (χ1) is 14.6. The van der Waals surface area contributed by atoms with Gasteiger partial charge in [0.1, 0.15) is 4.90 Å². The average Bonchev–Trinajstić information content (AvgIpc) is 2.78. The number of nitrogens with one attached hydrogen (secondary N) is 3. The number of anilines is 1. The number of sulfonamides is 1. The van der Waals surface area contributed by atoms with Crippen molar-refractivity contribution in [1.82, 2.24) is 20.3 Å². The van der Waals surface area contributed by atoms with Gasteiger partial charge in [0.25, 0.3) is 0 Å². The lowest BCUT2D eigenvalue weighted by Gasteiger charge is -2.34. The number of guanidine groups is 1. The first-order valence-electron chi connectivity index (χ1n) is 10.3. The maximum Gasteiger partial charge on any atom is 0.242 e. The van der Waals surface area contributed by atoms with Gasteiger partial charge in [-0.15, -0.1) is 0 Å². The molecule has 0 aliphatic carbocycles. The minimum absolute atomic E-state index is 0.157. The maximum atomic E-state index is 12.2. The molecule has 1 saturated heterocycles. The average molecular weight is 431 g/mol. The van der Waals surface area contributed by atoms with Crippen molar-refractivity contribution in [3.8, 4) is 0 Å². The second kappa shape index (κ2) is 10.9. The molecular weight excluding hydrogens is 400 g/mol. The molecule has 0 saturated carbocycles. The molecule has 1 aromatic carbocycles. The zero-order valence-electron chi connectivity index (χ0n) is 17.3. The van der Waals surface area contributed by atoms with Gasteiger partial charge in [-0.1, -0.05) is 18.2 Å². The third-order valence-corrected chi connectivity index (χ3v) is 6.37. The summed E-state index contributed by atoms with van der Waals surface area (Å²) in [5, 5.41) is 6.72. The Morgan fingerprint density at radius 1 is 1.17 bits per heavy atom. The van der Waals surface area contributed by atoms with Crippen molar-refractivity contribution in [3.05, 3.63) is 54.9 Å². The molecule has 0 atom stereocenters. The zero-order chi connectivity index (χ0) is 21.2. The van der Waals surface area contributed by atoms with Crippen molar-refractivity contribution < 1.29 is 8.42 Å². The van der Waals surface area contributed by atoms with Gasteiger partial charge in [-0.25, -0.2) is 13.1 Å². The molecule has 3 N–H and O–H groups in total. The fraction of sp³-hybridized carbons (Fsp3) is 0.429. The molecule has 0 amide bonds. The number of hydrogen-bond donors (Lipinski definition) is 3. The summed E-state index contributed by atoms with van der Waals surface area (Å²) in [5.74, 6) is 0.719. The lowest BCUT2D eigenvalue weighted by atomic mass is 10.0. The molecular formula is C21H30N6O2S. The standard InChI is InChI=1S/C21H30N6O2S/c1-2-23-21(24-13-14-25-30(28,29)20-9-6-12-22-17-20)26-18-10-15-27(16-11-18)19-7-4-3-5-8-19/h3-9,12,17-18,25H,2,10-11,13-16H2,1H3,(H2,23,24,26). The number of piperidine rings is 1. The summed E-state index contributed by atoms with van der Waals surface area (Å²) in [4.78, 5) is 10.9.